The molecule has 0 bridgehead atoms. The van der Waals surface area contributed by atoms with Gasteiger partial charge in [-0.3, -0.25) is 4.79 Å². The third-order valence-corrected chi connectivity index (χ3v) is 2.92. The number of nitrogens with two attached hydrogens (primary N) is 1. The summed E-state index contributed by atoms with van der Waals surface area (Å²) in [5.74, 6) is 1.56. The minimum Gasteiger partial charge on any atom is -0.462 e. The second-order valence-electron chi connectivity index (χ2n) is 4.47. The van der Waals surface area contributed by atoms with Crippen LogP contribution in [-0.4, -0.2) is 29.9 Å². The van der Waals surface area contributed by atoms with E-state index in [1.165, 1.54) is 0 Å². The Hall–Kier alpha value is -1.55. The third-order valence-electron chi connectivity index (χ3n) is 2.92. The minimum atomic E-state index is 0.00852. The number of piperidine rings is 1. The molecule has 0 aromatic carbocycles. The van der Waals surface area contributed by atoms with Crippen molar-refractivity contribution in [3.05, 3.63) is 29.7 Å². The highest BCUT2D eigenvalue weighted by atomic mass is 16.3. The number of hydrogen-bond acceptors (Lipinski definition) is 3. The molecule has 4 nitrogen and oxygen atoms in total. The van der Waals surface area contributed by atoms with Crippen LogP contribution in [0.4, 0.5) is 0 Å². The first kappa shape index (κ1) is 11.9. The molecule has 1 saturated heterocycles. The van der Waals surface area contributed by atoms with E-state index in [0.29, 0.717) is 12.3 Å². The number of hydrogen-bond donors (Lipinski definition) is 1. The zero-order valence-corrected chi connectivity index (χ0v) is 10.1. The Morgan fingerprint density at radius 2 is 2.41 bits per heavy atom. The first-order valence-corrected chi connectivity index (χ1v) is 5.94. The Bertz CT molecular complexity index is 423. The monoisotopic (exact) mass is 234 g/mol. The highest BCUT2D eigenvalue weighted by Gasteiger charge is 2.19. The number of carbonyl (C=O) groups is 1. The van der Waals surface area contributed by atoms with Crippen LogP contribution in [-0.2, 0) is 4.79 Å². The smallest absolute Gasteiger partial charge is 0.246 e. The van der Waals surface area contributed by atoms with Crippen LogP contribution in [0.5, 0.6) is 0 Å². The van der Waals surface area contributed by atoms with Gasteiger partial charge >= 0.3 is 0 Å². The van der Waals surface area contributed by atoms with Gasteiger partial charge in [-0.1, -0.05) is 0 Å². The molecule has 17 heavy (non-hydrogen) atoms. The zero-order valence-electron chi connectivity index (χ0n) is 10.1. The van der Waals surface area contributed by atoms with Crippen molar-refractivity contribution < 1.29 is 9.21 Å². The molecule has 2 rings (SSSR count). The van der Waals surface area contributed by atoms with Gasteiger partial charge in [0.2, 0.25) is 5.91 Å². The van der Waals surface area contributed by atoms with E-state index in [2.05, 4.69) is 0 Å². The van der Waals surface area contributed by atoms with Crippen molar-refractivity contribution in [2.45, 2.75) is 25.8 Å². The number of aryl methyl sites for hydroxylation is 1. The lowest BCUT2D eigenvalue weighted by atomic mass is 10.1. The predicted octanol–water partition coefficient (Wildman–Crippen LogP) is 1.55. The molecule has 0 radical (unpaired) electrons. The molecule has 0 aliphatic carbocycles. The third kappa shape index (κ3) is 3.20. The van der Waals surface area contributed by atoms with Crippen LogP contribution in [0.1, 0.15) is 24.4 Å². The van der Waals surface area contributed by atoms with E-state index in [-0.39, 0.29) is 11.9 Å². The maximum atomic E-state index is 11.9. The fourth-order valence-corrected chi connectivity index (χ4v) is 2.01. The van der Waals surface area contributed by atoms with Crippen LogP contribution >= 0.6 is 0 Å². The van der Waals surface area contributed by atoms with Gasteiger partial charge in [-0.05, 0) is 38.0 Å². The minimum absolute atomic E-state index is 0.00852. The number of amides is 1. The van der Waals surface area contributed by atoms with Gasteiger partial charge in [0.25, 0.3) is 0 Å². The van der Waals surface area contributed by atoms with Crippen LogP contribution in [0.15, 0.2) is 22.6 Å². The molecule has 2 heterocycles. The van der Waals surface area contributed by atoms with Crippen LogP contribution in [0.25, 0.3) is 6.08 Å². The van der Waals surface area contributed by atoms with Gasteiger partial charge in [0.05, 0.1) is 0 Å². The Kier molecular flexibility index (Phi) is 3.64. The maximum absolute atomic E-state index is 11.9. The van der Waals surface area contributed by atoms with Crippen molar-refractivity contribution in [2.24, 2.45) is 5.73 Å². The summed E-state index contributed by atoms with van der Waals surface area (Å²) in [5.41, 5.74) is 5.84. The van der Waals surface area contributed by atoms with E-state index < -0.39 is 0 Å². The van der Waals surface area contributed by atoms with Crippen molar-refractivity contribution >= 4 is 12.0 Å². The van der Waals surface area contributed by atoms with Crippen molar-refractivity contribution in [3.63, 3.8) is 0 Å². The normalized spacial score (nSPS) is 21.1. The molecule has 1 amide bonds. The quantitative estimate of drug-likeness (QED) is 0.790. The molecule has 0 saturated carbocycles. The molecule has 0 spiro atoms. The highest BCUT2D eigenvalue weighted by molar-refractivity contribution is 5.91. The fraction of sp³-hybridized carbons (Fsp3) is 0.462. The fourth-order valence-electron chi connectivity index (χ4n) is 2.01. The molecule has 1 aliphatic rings. The second-order valence-corrected chi connectivity index (χ2v) is 4.47. The number of furan rings is 1. The molecule has 1 aromatic rings. The van der Waals surface area contributed by atoms with Gasteiger partial charge in [-0.2, -0.15) is 0 Å². The topological polar surface area (TPSA) is 59.5 Å². The number of carbonyl (C=O) groups excluding carboxylic acids is 1. The number of nitrogens with zero attached hydrogens (tertiary/aromatic N) is 1. The summed E-state index contributed by atoms with van der Waals surface area (Å²) in [5, 5.41) is 0. The van der Waals surface area contributed by atoms with Gasteiger partial charge in [0.1, 0.15) is 11.5 Å². The zero-order chi connectivity index (χ0) is 12.3. The summed E-state index contributed by atoms with van der Waals surface area (Å²) in [7, 11) is 0. The SMILES string of the molecule is Cc1ccc(C=CC(=O)N2CCCC(N)C2)o1. The van der Waals surface area contributed by atoms with E-state index >= 15 is 0 Å². The Balaban J connectivity index is 1.94. The van der Waals surface area contributed by atoms with Crippen molar-refractivity contribution in [2.75, 3.05) is 13.1 Å². The number of likely N-dealkylation sites (tertiary alicyclic amines) is 1. The van der Waals surface area contributed by atoms with E-state index in [0.717, 1.165) is 25.1 Å². The van der Waals surface area contributed by atoms with Crippen LogP contribution in [0.2, 0.25) is 0 Å². The maximum Gasteiger partial charge on any atom is 0.246 e. The Morgan fingerprint density at radius 1 is 1.59 bits per heavy atom. The summed E-state index contributed by atoms with van der Waals surface area (Å²) < 4.78 is 5.36. The first-order valence-electron chi connectivity index (χ1n) is 5.94. The van der Waals surface area contributed by atoms with Crippen molar-refractivity contribution in [1.29, 1.82) is 0 Å². The van der Waals surface area contributed by atoms with E-state index in [1.807, 2.05) is 19.1 Å². The lowest BCUT2D eigenvalue weighted by Gasteiger charge is -2.29. The molecule has 4 heteroatoms. The van der Waals surface area contributed by atoms with Crippen LogP contribution < -0.4 is 5.73 Å². The number of rotatable bonds is 2. The Labute approximate surface area is 101 Å². The highest BCUT2D eigenvalue weighted by Crippen LogP contribution is 2.11. The van der Waals surface area contributed by atoms with Crippen molar-refractivity contribution in [1.82, 2.24) is 4.90 Å². The largest absolute Gasteiger partial charge is 0.462 e. The van der Waals surface area contributed by atoms with Gasteiger partial charge < -0.3 is 15.1 Å². The summed E-state index contributed by atoms with van der Waals surface area (Å²) >= 11 is 0. The standard InChI is InChI=1S/C13H18N2O2/c1-10-4-5-12(17-10)6-7-13(16)15-8-2-3-11(14)9-15/h4-7,11H,2-3,8-9,14H2,1H3. The lowest BCUT2D eigenvalue weighted by molar-refractivity contribution is -0.127. The lowest BCUT2D eigenvalue weighted by Crippen LogP contribution is -2.45. The summed E-state index contributed by atoms with van der Waals surface area (Å²) in [6.45, 7) is 3.33. The van der Waals surface area contributed by atoms with Gasteiger partial charge in [-0.25, -0.2) is 0 Å². The molecule has 1 aromatic heterocycles. The molecule has 1 fully saturated rings. The van der Waals surface area contributed by atoms with E-state index in [9.17, 15) is 4.79 Å². The van der Waals surface area contributed by atoms with Gasteiger partial charge in [-0.15, -0.1) is 0 Å². The van der Waals surface area contributed by atoms with E-state index in [1.54, 1.807) is 17.1 Å². The molecular formula is C13H18N2O2. The molecule has 2 N–H and O–H groups in total. The second kappa shape index (κ2) is 5.19. The first-order chi connectivity index (χ1) is 8.15. The summed E-state index contributed by atoms with van der Waals surface area (Å²) in [6.07, 6.45) is 5.25. The molecule has 1 atom stereocenters. The molecular weight excluding hydrogens is 216 g/mol. The summed E-state index contributed by atoms with van der Waals surface area (Å²) in [4.78, 5) is 13.7. The van der Waals surface area contributed by atoms with Gasteiger partial charge in [0, 0.05) is 25.2 Å². The molecule has 1 aliphatic heterocycles. The average Bonchev–Trinajstić information content (AvgIpc) is 2.72. The Morgan fingerprint density at radius 3 is 3.06 bits per heavy atom. The van der Waals surface area contributed by atoms with Crippen LogP contribution in [0.3, 0.4) is 0 Å². The molecule has 1 unspecified atom stereocenters. The average molecular weight is 234 g/mol. The van der Waals surface area contributed by atoms with Crippen molar-refractivity contribution in [3.8, 4) is 0 Å². The summed E-state index contributed by atoms with van der Waals surface area (Å²) in [6, 6.07) is 3.84. The van der Waals surface area contributed by atoms with Gasteiger partial charge in [0.15, 0.2) is 0 Å². The van der Waals surface area contributed by atoms with E-state index in [4.69, 9.17) is 10.2 Å². The molecule has 92 valence electrons. The predicted molar refractivity (Wildman–Crippen MR) is 66.3 cm³/mol. The van der Waals surface area contributed by atoms with Crippen LogP contribution in [0, 0.1) is 6.92 Å².